The van der Waals surface area contributed by atoms with Gasteiger partial charge in [0.2, 0.25) is 10.0 Å². The second-order valence-electron chi connectivity index (χ2n) is 4.84. The molecule has 23 heavy (non-hydrogen) atoms. The van der Waals surface area contributed by atoms with Crippen LogP contribution in [-0.4, -0.2) is 20.6 Å². The van der Waals surface area contributed by atoms with Crippen molar-refractivity contribution in [1.82, 2.24) is 0 Å². The predicted octanol–water partition coefficient (Wildman–Crippen LogP) is 2.46. The molecule has 2 aromatic carbocycles. The van der Waals surface area contributed by atoms with E-state index in [1.807, 2.05) is 18.2 Å². The number of ether oxygens (including phenoxy) is 1. The summed E-state index contributed by atoms with van der Waals surface area (Å²) < 4.78 is 28.2. The predicted molar refractivity (Wildman–Crippen MR) is 95.4 cm³/mol. The Morgan fingerprint density at radius 2 is 1.78 bits per heavy atom. The minimum atomic E-state index is -3.78. The quantitative estimate of drug-likeness (QED) is 0.733. The third kappa shape index (κ3) is 4.65. The van der Waals surface area contributed by atoms with Crippen molar-refractivity contribution in [2.45, 2.75) is 11.8 Å². The first-order valence-corrected chi connectivity index (χ1v) is 8.60. The van der Waals surface area contributed by atoms with Crippen LogP contribution in [-0.2, 0) is 10.0 Å². The number of aryl methyl sites for hydroxylation is 1. The van der Waals surface area contributed by atoms with Crippen molar-refractivity contribution >= 4 is 38.7 Å². The molecule has 0 atom stereocenters. The van der Waals surface area contributed by atoms with Gasteiger partial charge in [-0.3, -0.25) is 0 Å². The molecule has 0 aromatic heterocycles. The van der Waals surface area contributed by atoms with E-state index in [-0.39, 0.29) is 4.90 Å². The molecule has 0 heterocycles. The van der Waals surface area contributed by atoms with Crippen LogP contribution in [0.3, 0.4) is 0 Å². The molecule has 0 amide bonds. The lowest BCUT2D eigenvalue weighted by Crippen LogP contribution is -2.20. The molecular formula is C15H17N3O3S2. The van der Waals surface area contributed by atoms with E-state index in [1.54, 1.807) is 32.2 Å². The fourth-order valence-corrected chi connectivity index (χ4v) is 3.02. The van der Waals surface area contributed by atoms with E-state index < -0.39 is 10.0 Å². The molecule has 6 nitrogen and oxygen atoms in total. The van der Waals surface area contributed by atoms with Crippen molar-refractivity contribution in [3.63, 3.8) is 0 Å². The van der Waals surface area contributed by atoms with Crippen LogP contribution in [0.25, 0.3) is 0 Å². The smallest absolute Gasteiger partial charge is 0.238 e. The van der Waals surface area contributed by atoms with E-state index in [0.29, 0.717) is 22.1 Å². The van der Waals surface area contributed by atoms with E-state index in [1.165, 1.54) is 6.07 Å². The Morgan fingerprint density at radius 3 is 2.39 bits per heavy atom. The summed E-state index contributed by atoms with van der Waals surface area (Å²) in [5, 5.41) is 11.4. The summed E-state index contributed by atoms with van der Waals surface area (Å²) in [5.41, 5.74) is 1.85. The summed E-state index contributed by atoms with van der Waals surface area (Å²) in [6.45, 7) is 1.68. The molecule has 2 aromatic rings. The van der Waals surface area contributed by atoms with Gasteiger partial charge in [0.15, 0.2) is 5.11 Å². The number of hydrogen-bond donors (Lipinski definition) is 3. The van der Waals surface area contributed by atoms with Crippen LogP contribution in [0.5, 0.6) is 5.75 Å². The molecule has 0 bridgehead atoms. The highest BCUT2D eigenvalue weighted by Crippen LogP contribution is 2.20. The molecule has 2 rings (SSSR count). The van der Waals surface area contributed by atoms with Crippen LogP contribution in [0.2, 0.25) is 0 Å². The monoisotopic (exact) mass is 351 g/mol. The Kier molecular flexibility index (Phi) is 5.19. The third-order valence-electron chi connectivity index (χ3n) is 3.08. The average Bonchev–Trinajstić information content (AvgIpc) is 2.48. The Labute approximate surface area is 140 Å². The molecular weight excluding hydrogens is 334 g/mol. The fourth-order valence-electron chi connectivity index (χ4n) is 1.98. The van der Waals surface area contributed by atoms with Gasteiger partial charge in [0.25, 0.3) is 0 Å². The molecule has 0 radical (unpaired) electrons. The van der Waals surface area contributed by atoms with Gasteiger partial charge >= 0.3 is 0 Å². The third-order valence-corrected chi connectivity index (χ3v) is 4.34. The second kappa shape index (κ2) is 6.95. The van der Waals surface area contributed by atoms with E-state index in [4.69, 9.17) is 22.1 Å². The lowest BCUT2D eigenvalue weighted by molar-refractivity contribution is 0.415. The highest BCUT2D eigenvalue weighted by molar-refractivity contribution is 7.89. The lowest BCUT2D eigenvalue weighted by atomic mass is 10.2. The van der Waals surface area contributed by atoms with Crippen LogP contribution in [0.4, 0.5) is 11.4 Å². The number of methoxy groups -OCH3 is 1. The molecule has 4 N–H and O–H groups in total. The lowest BCUT2D eigenvalue weighted by Gasteiger charge is -2.13. The second-order valence-corrected chi connectivity index (χ2v) is 6.77. The zero-order chi connectivity index (χ0) is 17.0. The molecule has 0 aliphatic rings. The first-order valence-electron chi connectivity index (χ1n) is 6.65. The summed E-state index contributed by atoms with van der Waals surface area (Å²) in [5.74, 6) is 0.699. The summed E-state index contributed by atoms with van der Waals surface area (Å²) in [6.07, 6.45) is 0. The summed E-state index contributed by atoms with van der Waals surface area (Å²) in [7, 11) is -2.20. The van der Waals surface area contributed by atoms with E-state index >= 15 is 0 Å². The average molecular weight is 351 g/mol. The van der Waals surface area contributed by atoms with Gasteiger partial charge in [0.05, 0.1) is 12.0 Å². The highest BCUT2D eigenvalue weighted by Gasteiger charge is 2.12. The maximum Gasteiger partial charge on any atom is 0.238 e. The minimum Gasteiger partial charge on any atom is -0.497 e. The number of hydrogen-bond acceptors (Lipinski definition) is 4. The van der Waals surface area contributed by atoms with E-state index in [9.17, 15) is 8.42 Å². The first kappa shape index (κ1) is 17.2. The Hall–Kier alpha value is -2.16. The number of benzene rings is 2. The van der Waals surface area contributed by atoms with Crippen LogP contribution in [0, 0.1) is 6.92 Å². The summed E-state index contributed by atoms with van der Waals surface area (Å²) in [4.78, 5) is 0.0617. The fraction of sp³-hybridized carbons (Fsp3) is 0.133. The van der Waals surface area contributed by atoms with Crippen molar-refractivity contribution in [3.8, 4) is 5.75 Å². The normalized spacial score (nSPS) is 10.9. The number of nitrogens with two attached hydrogens (primary N) is 1. The molecule has 122 valence electrons. The Balaban J connectivity index is 2.14. The van der Waals surface area contributed by atoms with Crippen LogP contribution >= 0.6 is 12.2 Å². The Bertz CT molecular complexity index is 836. The van der Waals surface area contributed by atoms with Gasteiger partial charge in [-0.1, -0.05) is 12.1 Å². The topological polar surface area (TPSA) is 93.4 Å². The van der Waals surface area contributed by atoms with Gasteiger partial charge in [-0.05, 0) is 49.0 Å². The standard InChI is InChI=1S/C15H17N3O3S2/c1-10-6-7-12(9-14(10)23(16,19)20)18-15(22)17-11-4-3-5-13(8-11)21-2/h3-9H,1-2H3,(H2,16,19,20)(H2,17,18,22). The van der Waals surface area contributed by atoms with Crippen LogP contribution in [0.15, 0.2) is 47.4 Å². The number of rotatable bonds is 4. The maximum atomic E-state index is 11.5. The van der Waals surface area contributed by atoms with Crippen molar-refractivity contribution in [3.05, 3.63) is 48.0 Å². The zero-order valence-electron chi connectivity index (χ0n) is 12.7. The number of primary sulfonamides is 1. The first-order chi connectivity index (χ1) is 10.8. The van der Waals surface area contributed by atoms with Gasteiger partial charge in [0, 0.05) is 17.4 Å². The van der Waals surface area contributed by atoms with Crippen molar-refractivity contribution < 1.29 is 13.2 Å². The maximum absolute atomic E-state index is 11.5. The van der Waals surface area contributed by atoms with Crippen LogP contribution < -0.4 is 20.5 Å². The van der Waals surface area contributed by atoms with Crippen molar-refractivity contribution in [2.24, 2.45) is 5.14 Å². The van der Waals surface area contributed by atoms with Gasteiger partial charge in [-0.2, -0.15) is 0 Å². The number of nitrogens with one attached hydrogen (secondary N) is 2. The molecule has 0 fully saturated rings. The molecule has 0 aliphatic heterocycles. The SMILES string of the molecule is COc1cccc(NC(=S)Nc2ccc(C)c(S(N)(=O)=O)c2)c1. The molecule has 0 unspecified atom stereocenters. The Morgan fingerprint density at radius 1 is 1.13 bits per heavy atom. The summed E-state index contributed by atoms with van der Waals surface area (Å²) >= 11 is 5.22. The molecule has 0 saturated carbocycles. The van der Waals surface area contributed by atoms with Crippen molar-refractivity contribution in [1.29, 1.82) is 0 Å². The van der Waals surface area contributed by atoms with E-state index in [2.05, 4.69) is 10.6 Å². The number of sulfonamides is 1. The van der Waals surface area contributed by atoms with E-state index in [0.717, 1.165) is 5.69 Å². The summed E-state index contributed by atoms with van der Waals surface area (Å²) in [6, 6.07) is 12.1. The van der Waals surface area contributed by atoms with Gasteiger partial charge in [0.1, 0.15) is 5.75 Å². The number of thiocarbonyl (C=S) groups is 1. The van der Waals surface area contributed by atoms with Gasteiger partial charge < -0.3 is 15.4 Å². The minimum absolute atomic E-state index is 0.0617. The highest BCUT2D eigenvalue weighted by atomic mass is 32.2. The van der Waals surface area contributed by atoms with Crippen molar-refractivity contribution in [2.75, 3.05) is 17.7 Å². The zero-order valence-corrected chi connectivity index (χ0v) is 14.3. The number of anilines is 2. The molecule has 0 spiro atoms. The molecule has 0 aliphatic carbocycles. The molecule has 0 saturated heterocycles. The largest absolute Gasteiger partial charge is 0.497 e. The van der Waals surface area contributed by atoms with Gasteiger partial charge in [-0.15, -0.1) is 0 Å². The molecule has 8 heteroatoms. The van der Waals surface area contributed by atoms with Gasteiger partial charge in [-0.25, -0.2) is 13.6 Å². The van der Waals surface area contributed by atoms with Crippen LogP contribution in [0.1, 0.15) is 5.56 Å².